The molecule has 128 valence electrons. The third-order valence-electron chi connectivity index (χ3n) is 4.38. The Morgan fingerprint density at radius 2 is 2.21 bits per heavy atom. The fraction of sp³-hybridized carbons (Fsp3) is 0.444. The van der Waals surface area contributed by atoms with Crippen molar-refractivity contribution in [3.05, 3.63) is 48.0 Å². The Morgan fingerprint density at radius 1 is 1.38 bits per heavy atom. The zero-order valence-corrected chi connectivity index (χ0v) is 13.8. The number of carbonyl (C=O) groups is 1. The van der Waals surface area contributed by atoms with E-state index in [0.717, 1.165) is 25.9 Å². The van der Waals surface area contributed by atoms with E-state index in [9.17, 15) is 9.18 Å². The lowest BCUT2D eigenvalue weighted by atomic mass is 10.1. The second kappa shape index (κ2) is 7.47. The summed E-state index contributed by atoms with van der Waals surface area (Å²) in [6.45, 7) is 4.64. The molecule has 0 bridgehead atoms. The summed E-state index contributed by atoms with van der Waals surface area (Å²) in [7, 11) is 0. The van der Waals surface area contributed by atoms with Crippen LogP contribution in [0.5, 0.6) is 5.75 Å². The Hall–Kier alpha value is -2.37. The number of para-hydroxylation sites is 1. The molecule has 1 aliphatic rings. The number of hydrogen-bond acceptors (Lipinski definition) is 3. The van der Waals surface area contributed by atoms with Crippen LogP contribution >= 0.6 is 0 Å². The number of halogens is 1. The number of amides is 1. The predicted molar refractivity (Wildman–Crippen MR) is 88.4 cm³/mol. The Morgan fingerprint density at radius 3 is 2.96 bits per heavy atom. The first kappa shape index (κ1) is 16.5. The average Bonchev–Trinajstić information content (AvgIpc) is 3.25. The van der Waals surface area contributed by atoms with Gasteiger partial charge in [-0.25, -0.2) is 4.39 Å². The molecule has 1 fully saturated rings. The summed E-state index contributed by atoms with van der Waals surface area (Å²) in [5, 5.41) is 4.27. The smallest absolute Gasteiger partial charge is 0.274 e. The Balaban J connectivity index is 1.47. The van der Waals surface area contributed by atoms with Crippen LogP contribution in [0.25, 0.3) is 0 Å². The summed E-state index contributed by atoms with van der Waals surface area (Å²) in [5.41, 5.74) is 0.500. The molecule has 5 nitrogen and oxygen atoms in total. The average molecular weight is 331 g/mol. The van der Waals surface area contributed by atoms with Crippen molar-refractivity contribution < 1.29 is 13.9 Å². The molecule has 0 radical (unpaired) electrons. The van der Waals surface area contributed by atoms with Gasteiger partial charge in [-0.3, -0.25) is 9.48 Å². The third kappa shape index (κ3) is 3.75. The number of rotatable bonds is 6. The minimum absolute atomic E-state index is 0.0141. The molecule has 1 saturated heterocycles. The van der Waals surface area contributed by atoms with Crippen molar-refractivity contribution in [2.45, 2.75) is 26.3 Å². The van der Waals surface area contributed by atoms with Crippen molar-refractivity contribution in [3.8, 4) is 5.75 Å². The van der Waals surface area contributed by atoms with Gasteiger partial charge in [0.1, 0.15) is 5.69 Å². The molecule has 1 unspecified atom stereocenters. The molecule has 1 aromatic heterocycles. The summed E-state index contributed by atoms with van der Waals surface area (Å²) in [4.78, 5) is 14.3. The number of hydrogen-bond donors (Lipinski definition) is 0. The molecule has 0 saturated carbocycles. The molecule has 6 heteroatoms. The van der Waals surface area contributed by atoms with Gasteiger partial charge < -0.3 is 9.64 Å². The van der Waals surface area contributed by atoms with Crippen LogP contribution in [0.4, 0.5) is 4.39 Å². The van der Waals surface area contributed by atoms with Crippen molar-refractivity contribution in [2.75, 3.05) is 19.7 Å². The summed E-state index contributed by atoms with van der Waals surface area (Å²) in [6.07, 6.45) is 3.57. The van der Waals surface area contributed by atoms with E-state index >= 15 is 0 Å². The molecular formula is C18H22FN3O2. The first-order chi connectivity index (χ1) is 11.7. The van der Waals surface area contributed by atoms with E-state index < -0.39 is 0 Å². The van der Waals surface area contributed by atoms with Crippen LogP contribution in [0.3, 0.4) is 0 Å². The summed E-state index contributed by atoms with van der Waals surface area (Å²) in [6, 6.07) is 8.18. The van der Waals surface area contributed by atoms with Crippen molar-refractivity contribution in [1.82, 2.24) is 14.7 Å². The minimum atomic E-state index is -0.341. The quantitative estimate of drug-likeness (QED) is 0.817. The van der Waals surface area contributed by atoms with Crippen LogP contribution in [0.1, 0.15) is 30.3 Å². The number of aryl methyl sites for hydroxylation is 1. The Bertz CT molecular complexity index is 701. The standard InChI is InChI=1S/C18H22FN3O2/c1-2-22-11-8-16(20-22)18(23)21-10-7-14(13-21)9-12-24-17-6-4-3-5-15(17)19/h3-6,8,11,14H,2,7,9-10,12-13H2,1H3. The van der Waals surface area contributed by atoms with Crippen LogP contribution in [-0.2, 0) is 6.54 Å². The monoisotopic (exact) mass is 331 g/mol. The highest BCUT2D eigenvalue weighted by Crippen LogP contribution is 2.22. The van der Waals surface area contributed by atoms with Gasteiger partial charge in [0, 0.05) is 25.8 Å². The molecule has 1 atom stereocenters. The van der Waals surface area contributed by atoms with E-state index in [0.29, 0.717) is 24.8 Å². The highest BCUT2D eigenvalue weighted by molar-refractivity contribution is 5.92. The molecule has 24 heavy (non-hydrogen) atoms. The van der Waals surface area contributed by atoms with Crippen LogP contribution in [0.2, 0.25) is 0 Å². The van der Waals surface area contributed by atoms with E-state index in [1.165, 1.54) is 6.07 Å². The maximum Gasteiger partial charge on any atom is 0.274 e. The number of benzene rings is 1. The first-order valence-electron chi connectivity index (χ1n) is 8.37. The topological polar surface area (TPSA) is 47.4 Å². The summed E-state index contributed by atoms with van der Waals surface area (Å²) >= 11 is 0. The van der Waals surface area contributed by atoms with Gasteiger partial charge in [0.2, 0.25) is 0 Å². The van der Waals surface area contributed by atoms with Gasteiger partial charge in [0.25, 0.3) is 5.91 Å². The highest BCUT2D eigenvalue weighted by Gasteiger charge is 2.28. The lowest BCUT2D eigenvalue weighted by Gasteiger charge is -2.15. The number of ether oxygens (including phenoxy) is 1. The molecule has 0 N–H and O–H groups in total. The van der Waals surface area contributed by atoms with Crippen molar-refractivity contribution in [3.63, 3.8) is 0 Å². The number of carbonyl (C=O) groups excluding carboxylic acids is 1. The van der Waals surface area contributed by atoms with Crippen LogP contribution < -0.4 is 4.74 Å². The molecule has 0 spiro atoms. The largest absolute Gasteiger partial charge is 0.491 e. The van der Waals surface area contributed by atoms with Gasteiger partial charge in [-0.15, -0.1) is 0 Å². The van der Waals surface area contributed by atoms with E-state index in [4.69, 9.17) is 4.74 Å². The molecular weight excluding hydrogens is 309 g/mol. The molecule has 1 aromatic carbocycles. The van der Waals surface area contributed by atoms with Gasteiger partial charge in [0.15, 0.2) is 11.6 Å². The van der Waals surface area contributed by atoms with Gasteiger partial charge in [-0.2, -0.15) is 5.10 Å². The fourth-order valence-corrected chi connectivity index (χ4v) is 2.96. The molecule has 1 amide bonds. The van der Waals surface area contributed by atoms with Crippen LogP contribution in [0, 0.1) is 11.7 Å². The maximum absolute atomic E-state index is 13.5. The number of aromatic nitrogens is 2. The van der Waals surface area contributed by atoms with E-state index in [1.54, 1.807) is 28.9 Å². The van der Waals surface area contributed by atoms with Gasteiger partial charge in [0.05, 0.1) is 6.61 Å². The second-order valence-corrected chi connectivity index (χ2v) is 6.03. The normalized spacial score (nSPS) is 17.2. The van der Waals surface area contributed by atoms with Gasteiger partial charge in [-0.05, 0) is 43.9 Å². The van der Waals surface area contributed by atoms with E-state index in [1.807, 2.05) is 18.0 Å². The van der Waals surface area contributed by atoms with Gasteiger partial charge >= 0.3 is 0 Å². The highest BCUT2D eigenvalue weighted by atomic mass is 19.1. The zero-order chi connectivity index (χ0) is 16.9. The van der Waals surface area contributed by atoms with E-state index in [2.05, 4.69) is 5.10 Å². The van der Waals surface area contributed by atoms with Gasteiger partial charge in [-0.1, -0.05) is 12.1 Å². The van der Waals surface area contributed by atoms with Crippen LogP contribution in [-0.4, -0.2) is 40.3 Å². The number of likely N-dealkylation sites (tertiary alicyclic amines) is 1. The Kier molecular flexibility index (Phi) is 5.13. The third-order valence-corrected chi connectivity index (χ3v) is 4.38. The molecule has 0 aliphatic carbocycles. The summed E-state index contributed by atoms with van der Waals surface area (Å²) < 4.78 is 20.7. The zero-order valence-electron chi connectivity index (χ0n) is 13.8. The maximum atomic E-state index is 13.5. The molecule has 2 aromatic rings. The number of nitrogens with zero attached hydrogens (tertiary/aromatic N) is 3. The molecule has 3 rings (SSSR count). The Labute approximate surface area is 141 Å². The minimum Gasteiger partial charge on any atom is -0.491 e. The van der Waals surface area contributed by atoms with Crippen LogP contribution in [0.15, 0.2) is 36.5 Å². The summed E-state index contributed by atoms with van der Waals surface area (Å²) in [5.74, 6) is 0.314. The lowest BCUT2D eigenvalue weighted by Crippen LogP contribution is -2.29. The van der Waals surface area contributed by atoms with Crippen molar-refractivity contribution >= 4 is 5.91 Å². The van der Waals surface area contributed by atoms with Crippen molar-refractivity contribution in [2.24, 2.45) is 5.92 Å². The lowest BCUT2D eigenvalue weighted by molar-refractivity contribution is 0.0778. The molecule has 1 aliphatic heterocycles. The second-order valence-electron chi connectivity index (χ2n) is 6.03. The molecule has 2 heterocycles. The van der Waals surface area contributed by atoms with Crippen molar-refractivity contribution in [1.29, 1.82) is 0 Å². The fourth-order valence-electron chi connectivity index (χ4n) is 2.96. The SMILES string of the molecule is CCn1ccc(C(=O)N2CCC(CCOc3ccccc3F)C2)n1. The predicted octanol–water partition coefficient (Wildman–Crippen LogP) is 2.97. The van der Waals surface area contributed by atoms with E-state index in [-0.39, 0.29) is 17.5 Å². The first-order valence-corrected chi connectivity index (χ1v) is 8.37.